The maximum Gasteiger partial charge on any atom is 0.0577 e. The van der Waals surface area contributed by atoms with Gasteiger partial charge in [-0.3, -0.25) is 0 Å². The van der Waals surface area contributed by atoms with Gasteiger partial charge in [0.1, 0.15) is 0 Å². The Morgan fingerprint density at radius 1 is 1.46 bits per heavy atom. The highest BCUT2D eigenvalue weighted by Crippen LogP contribution is 2.16. The highest BCUT2D eigenvalue weighted by atomic mass is 79.9. The van der Waals surface area contributed by atoms with Gasteiger partial charge in [0, 0.05) is 10.0 Å². The third kappa shape index (κ3) is 3.22. The van der Waals surface area contributed by atoms with Crippen LogP contribution in [0.2, 0.25) is 0 Å². The molecule has 1 N–H and O–H groups in total. The summed E-state index contributed by atoms with van der Waals surface area (Å²) in [5.74, 6) is 6.10. The lowest BCUT2D eigenvalue weighted by atomic mass is 10.1. The molecule has 68 valence electrons. The predicted octanol–water partition coefficient (Wildman–Crippen LogP) is 2.33. The molecule has 0 aliphatic heterocycles. The van der Waals surface area contributed by atoms with E-state index in [0.717, 1.165) is 16.6 Å². The molecule has 0 aliphatic rings. The van der Waals surface area contributed by atoms with Gasteiger partial charge in [-0.1, -0.05) is 27.8 Å². The second-order valence-corrected chi connectivity index (χ2v) is 3.65. The molecule has 0 aliphatic carbocycles. The number of aryl methyl sites for hydroxylation is 1. The highest BCUT2D eigenvalue weighted by Gasteiger charge is 1.93. The molecular formula is C11H12BrN. The largest absolute Gasteiger partial charge is 0.309 e. The van der Waals surface area contributed by atoms with Gasteiger partial charge in [-0.25, -0.2) is 0 Å². The van der Waals surface area contributed by atoms with Gasteiger partial charge in [0.25, 0.3) is 0 Å². The van der Waals surface area contributed by atoms with E-state index >= 15 is 0 Å². The van der Waals surface area contributed by atoms with Crippen molar-refractivity contribution in [3.63, 3.8) is 0 Å². The van der Waals surface area contributed by atoms with E-state index in [1.807, 2.05) is 19.2 Å². The minimum atomic E-state index is 0.731. The van der Waals surface area contributed by atoms with Crippen LogP contribution in [0.1, 0.15) is 11.1 Å². The van der Waals surface area contributed by atoms with Crippen LogP contribution in [0.5, 0.6) is 0 Å². The minimum Gasteiger partial charge on any atom is -0.309 e. The molecule has 0 radical (unpaired) electrons. The van der Waals surface area contributed by atoms with Crippen molar-refractivity contribution in [1.82, 2.24) is 5.32 Å². The highest BCUT2D eigenvalue weighted by molar-refractivity contribution is 9.10. The fourth-order valence-corrected chi connectivity index (χ4v) is 1.20. The summed E-state index contributed by atoms with van der Waals surface area (Å²) >= 11 is 3.45. The Labute approximate surface area is 87.7 Å². The minimum absolute atomic E-state index is 0.731. The predicted molar refractivity (Wildman–Crippen MR) is 59.7 cm³/mol. The van der Waals surface area contributed by atoms with Crippen molar-refractivity contribution in [1.29, 1.82) is 0 Å². The van der Waals surface area contributed by atoms with Gasteiger partial charge < -0.3 is 5.32 Å². The molecule has 13 heavy (non-hydrogen) atoms. The van der Waals surface area contributed by atoms with E-state index in [0.29, 0.717) is 0 Å². The molecule has 1 rings (SSSR count). The van der Waals surface area contributed by atoms with Crippen LogP contribution in [0.3, 0.4) is 0 Å². The van der Waals surface area contributed by atoms with Crippen LogP contribution in [0.15, 0.2) is 22.7 Å². The number of rotatable bonds is 1. The molecule has 0 saturated heterocycles. The molecule has 0 fully saturated rings. The zero-order chi connectivity index (χ0) is 9.68. The molecule has 2 heteroatoms. The molecule has 0 unspecified atom stereocenters. The van der Waals surface area contributed by atoms with Gasteiger partial charge >= 0.3 is 0 Å². The smallest absolute Gasteiger partial charge is 0.0577 e. The van der Waals surface area contributed by atoms with E-state index < -0.39 is 0 Å². The van der Waals surface area contributed by atoms with Gasteiger partial charge in [0.2, 0.25) is 0 Å². The Balaban J connectivity index is 2.81. The molecule has 0 bridgehead atoms. The summed E-state index contributed by atoms with van der Waals surface area (Å²) < 4.78 is 1.13. The number of halogens is 1. The molecule has 1 nitrogen and oxygen atoms in total. The van der Waals surface area contributed by atoms with Crippen LogP contribution in [0.4, 0.5) is 0 Å². The average Bonchev–Trinajstić information content (AvgIpc) is 2.12. The van der Waals surface area contributed by atoms with E-state index in [-0.39, 0.29) is 0 Å². The van der Waals surface area contributed by atoms with Gasteiger partial charge in [0.15, 0.2) is 0 Å². The van der Waals surface area contributed by atoms with E-state index in [9.17, 15) is 0 Å². The van der Waals surface area contributed by atoms with Crippen molar-refractivity contribution in [2.75, 3.05) is 13.6 Å². The number of benzene rings is 1. The first-order chi connectivity index (χ1) is 6.24. The zero-order valence-electron chi connectivity index (χ0n) is 7.82. The molecule has 0 amide bonds. The van der Waals surface area contributed by atoms with Crippen LogP contribution in [0, 0.1) is 18.8 Å². The van der Waals surface area contributed by atoms with Gasteiger partial charge in [-0.2, -0.15) is 0 Å². The van der Waals surface area contributed by atoms with E-state index in [1.165, 1.54) is 5.56 Å². The third-order valence-corrected chi connectivity index (χ3v) is 2.55. The summed E-state index contributed by atoms with van der Waals surface area (Å²) in [6.07, 6.45) is 0. The Morgan fingerprint density at radius 3 is 2.85 bits per heavy atom. The van der Waals surface area contributed by atoms with Crippen LogP contribution < -0.4 is 5.32 Å². The Kier molecular flexibility index (Phi) is 4.01. The lowest BCUT2D eigenvalue weighted by Gasteiger charge is -1.97. The van der Waals surface area contributed by atoms with Crippen LogP contribution >= 0.6 is 15.9 Å². The van der Waals surface area contributed by atoms with Crippen molar-refractivity contribution >= 4 is 15.9 Å². The molecule has 0 spiro atoms. The number of nitrogens with one attached hydrogen (secondary N) is 1. The maximum atomic E-state index is 3.45. The van der Waals surface area contributed by atoms with Crippen LogP contribution in [0.25, 0.3) is 0 Å². The van der Waals surface area contributed by atoms with Crippen molar-refractivity contribution in [2.24, 2.45) is 0 Å². The normalized spacial score (nSPS) is 9.15. The van der Waals surface area contributed by atoms with E-state index in [1.54, 1.807) is 0 Å². The Morgan fingerprint density at radius 2 is 2.23 bits per heavy atom. The summed E-state index contributed by atoms with van der Waals surface area (Å²) in [4.78, 5) is 0. The zero-order valence-corrected chi connectivity index (χ0v) is 9.40. The van der Waals surface area contributed by atoms with Crippen LogP contribution in [-0.2, 0) is 0 Å². The quantitative estimate of drug-likeness (QED) is 0.740. The topological polar surface area (TPSA) is 12.0 Å². The van der Waals surface area contributed by atoms with E-state index in [4.69, 9.17) is 0 Å². The second kappa shape index (κ2) is 5.06. The van der Waals surface area contributed by atoms with Crippen molar-refractivity contribution in [3.05, 3.63) is 33.8 Å². The van der Waals surface area contributed by atoms with Crippen molar-refractivity contribution < 1.29 is 0 Å². The van der Waals surface area contributed by atoms with E-state index in [2.05, 4.69) is 46.1 Å². The summed E-state index contributed by atoms with van der Waals surface area (Å²) in [5.41, 5.74) is 2.28. The first-order valence-electron chi connectivity index (χ1n) is 4.13. The van der Waals surface area contributed by atoms with Gasteiger partial charge in [0.05, 0.1) is 6.54 Å². The summed E-state index contributed by atoms with van der Waals surface area (Å²) in [6, 6.07) is 6.12. The molecule has 0 saturated carbocycles. The molecular weight excluding hydrogens is 226 g/mol. The molecule has 1 aromatic carbocycles. The fourth-order valence-electron chi connectivity index (χ4n) is 0.957. The SMILES string of the molecule is CNCC#Cc1ccc(Br)c(C)c1. The standard InChI is InChI=1S/C11H12BrN/c1-9-8-10(4-3-7-13-2)5-6-11(9)12/h5-6,8,13H,7H2,1-2H3. The molecule has 0 aromatic heterocycles. The first-order valence-corrected chi connectivity index (χ1v) is 4.93. The lowest BCUT2D eigenvalue weighted by molar-refractivity contribution is 0.938. The summed E-state index contributed by atoms with van der Waals surface area (Å²) in [5, 5.41) is 2.98. The second-order valence-electron chi connectivity index (χ2n) is 2.80. The first kappa shape index (κ1) is 10.3. The van der Waals surface area contributed by atoms with Crippen LogP contribution in [-0.4, -0.2) is 13.6 Å². The average molecular weight is 238 g/mol. The fraction of sp³-hybridized carbons (Fsp3) is 0.273. The van der Waals surface area contributed by atoms with Gasteiger partial charge in [-0.05, 0) is 37.7 Å². The monoisotopic (exact) mass is 237 g/mol. The molecule has 0 heterocycles. The van der Waals surface area contributed by atoms with Crippen molar-refractivity contribution in [2.45, 2.75) is 6.92 Å². The number of hydrogen-bond acceptors (Lipinski definition) is 1. The van der Waals surface area contributed by atoms with Gasteiger partial charge in [-0.15, -0.1) is 0 Å². The molecule has 1 aromatic rings. The lowest BCUT2D eigenvalue weighted by Crippen LogP contribution is -2.04. The molecule has 0 atom stereocenters. The Bertz CT molecular complexity index is 347. The summed E-state index contributed by atoms with van der Waals surface area (Å²) in [6.45, 7) is 2.79. The van der Waals surface area contributed by atoms with Crippen molar-refractivity contribution in [3.8, 4) is 11.8 Å². The Hall–Kier alpha value is -0.780. The number of hydrogen-bond donors (Lipinski definition) is 1. The third-order valence-electron chi connectivity index (χ3n) is 1.66. The maximum absolute atomic E-state index is 3.45. The summed E-state index contributed by atoms with van der Waals surface area (Å²) in [7, 11) is 1.89.